The third kappa shape index (κ3) is 4.43. The number of methoxy groups -OCH3 is 1. The highest BCUT2D eigenvalue weighted by Crippen LogP contribution is 2.15. The zero-order valence-electron chi connectivity index (χ0n) is 9.97. The molecule has 0 N–H and O–H groups in total. The maximum Gasteiger partial charge on any atom is 0.309 e. The van der Waals surface area contributed by atoms with Crippen LogP contribution in [0.2, 0.25) is 0 Å². The van der Waals surface area contributed by atoms with E-state index >= 15 is 0 Å². The Labute approximate surface area is 105 Å². The third-order valence-corrected chi connectivity index (χ3v) is 4.99. The second-order valence-electron chi connectivity index (χ2n) is 3.86. The van der Waals surface area contributed by atoms with Crippen LogP contribution in [-0.2, 0) is 25.1 Å². The van der Waals surface area contributed by atoms with Gasteiger partial charge in [0.1, 0.15) is 10.8 Å². The van der Waals surface area contributed by atoms with Gasteiger partial charge in [-0.1, -0.05) is 6.92 Å². The molecule has 0 spiro atoms. The van der Waals surface area contributed by atoms with Crippen LogP contribution >= 0.6 is 11.3 Å². The van der Waals surface area contributed by atoms with E-state index < -0.39 is 21.7 Å². The average Bonchev–Trinajstić information content (AvgIpc) is 2.60. The Kier molecular flexibility index (Phi) is 4.64. The maximum atomic E-state index is 11.8. The number of hydrogen-bond acceptors (Lipinski definition) is 6. The monoisotopic (exact) mass is 277 g/mol. The highest BCUT2D eigenvalue weighted by atomic mass is 32.2. The molecule has 0 bridgehead atoms. The molecular weight excluding hydrogens is 262 g/mol. The Morgan fingerprint density at radius 3 is 2.71 bits per heavy atom. The number of carbonyl (C=O) groups excluding carboxylic acids is 1. The second-order valence-corrected chi connectivity index (χ2v) is 6.91. The summed E-state index contributed by atoms with van der Waals surface area (Å²) < 4.78 is 28.1. The van der Waals surface area contributed by atoms with E-state index in [9.17, 15) is 13.2 Å². The number of aryl methyl sites for hydroxylation is 1. The molecule has 7 heteroatoms. The third-order valence-electron chi connectivity index (χ3n) is 2.12. The van der Waals surface area contributed by atoms with Crippen molar-refractivity contribution in [3.8, 4) is 0 Å². The number of esters is 1. The first kappa shape index (κ1) is 14.1. The van der Waals surface area contributed by atoms with Gasteiger partial charge in [0, 0.05) is 11.1 Å². The molecule has 17 heavy (non-hydrogen) atoms. The predicted molar refractivity (Wildman–Crippen MR) is 65.5 cm³/mol. The molecular formula is C10H15NO4S2. The highest BCUT2D eigenvalue weighted by molar-refractivity contribution is 7.90. The largest absolute Gasteiger partial charge is 0.469 e. The molecule has 0 aliphatic heterocycles. The van der Waals surface area contributed by atoms with Crippen molar-refractivity contribution in [1.29, 1.82) is 0 Å². The zero-order valence-corrected chi connectivity index (χ0v) is 11.6. The van der Waals surface area contributed by atoms with E-state index in [1.165, 1.54) is 25.4 Å². The standard InChI is InChI=1S/C10H15NO4S2/c1-7(10(12)15-3)5-17(13,14)6-9-11-8(2)4-16-9/h4,7H,5-6H2,1-3H3. The number of hydrogen-bond donors (Lipinski definition) is 0. The molecule has 96 valence electrons. The lowest BCUT2D eigenvalue weighted by Gasteiger charge is -2.08. The summed E-state index contributed by atoms with van der Waals surface area (Å²) in [6.07, 6.45) is 0. The van der Waals surface area contributed by atoms with Crippen LogP contribution < -0.4 is 0 Å². The summed E-state index contributed by atoms with van der Waals surface area (Å²) in [6, 6.07) is 0. The first-order valence-corrected chi connectivity index (χ1v) is 7.73. The van der Waals surface area contributed by atoms with Gasteiger partial charge >= 0.3 is 5.97 Å². The summed E-state index contributed by atoms with van der Waals surface area (Å²) >= 11 is 1.31. The van der Waals surface area contributed by atoms with Crippen LogP contribution in [0.1, 0.15) is 17.6 Å². The van der Waals surface area contributed by atoms with Crippen molar-refractivity contribution >= 4 is 27.1 Å². The summed E-state index contributed by atoms with van der Waals surface area (Å²) in [5.41, 5.74) is 0.807. The molecule has 0 radical (unpaired) electrons. The number of aromatic nitrogens is 1. The molecule has 1 heterocycles. The highest BCUT2D eigenvalue weighted by Gasteiger charge is 2.23. The summed E-state index contributed by atoms with van der Waals surface area (Å²) in [5, 5.41) is 2.36. The van der Waals surface area contributed by atoms with Gasteiger partial charge in [-0.2, -0.15) is 0 Å². The smallest absolute Gasteiger partial charge is 0.309 e. The quantitative estimate of drug-likeness (QED) is 0.755. The Morgan fingerprint density at radius 2 is 2.24 bits per heavy atom. The zero-order chi connectivity index (χ0) is 13.1. The van der Waals surface area contributed by atoms with Crippen LogP contribution in [0.4, 0.5) is 0 Å². The van der Waals surface area contributed by atoms with Crippen molar-refractivity contribution in [3.05, 3.63) is 16.1 Å². The van der Waals surface area contributed by atoms with Gasteiger partial charge in [-0.15, -0.1) is 11.3 Å². The number of rotatable bonds is 5. The number of carbonyl (C=O) groups is 1. The molecule has 0 saturated carbocycles. The van der Waals surface area contributed by atoms with Gasteiger partial charge in [0.05, 0.1) is 18.8 Å². The summed E-state index contributed by atoms with van der Waals surface area (Å²) in [4.78, 5) is 15.2. The van der Waals surface area contributed by atoms with Crippen LogP contribution in [0.25, 0.3) is 0 Å². The Balaban J connectivity index is 2.66. The molecule has 0 aliphatic rings. The van der Waals surface area contributed by atoms with Gasteiger partial charge in [-0.05, 0) is 6.92 Å². The SMILES string of the molecule is COC(=O)C(C)CS(=O)(=O)Cc1nc(C)cs1. The number of sulfone groups is 1. The molecule has 0 aliphatic carbocycles. The molecule has 1 unspecified atom stereocenters. The van der Waals surface area contributed by atoms with Crippen molar-refractivity contribution in [1.82, 2.24) is 4.98 Å². The van der Waals surface area contributed by atoms with Gasteiger partial charge in [0.2, 0.25) is 0 Å². The van der Waals surface area contributed by atoms with Crippen LogP contribution in [0.3, 0.4) is 0 Å². The first-order valence-electron chi connectivity index (χ1n) is 5.03. The predicted octanol–water partition coefficient (Wildman–Crippen LogP) is 1.18. The van der Waals surface area contributed by atoms with Crippen LogP contribution in [0, 0.1) is 12.8 Å². The number of ether oxygens (including phenoxy) is 1. The lowest BCUT2D eigenvalue weighted by atomic mass is 10.2. The van der Waals surface area contributed by atoms with E-state index in [0.29, 0.717) is 5.01 Å². The maximum absolute atomic E-state index is 11.8. The van der Waals surface area contributed by atoms with Gasteiger partial charge in [0.25, 0.3) is 0 Å². The second kappa shape index (κ2) is 5.59. The van der Waals surface area contributed by atoms with E-state index in [1.54, 1.807) is 5.38 Å². The van der Waals surface area contributed by atoms with Crippen LogP contribution in [0.5, 0.6) is 0 Å². The van der Waals surface area contributed by atoms with Crippen LogP contribution in [-0.4, -0.2) is 32.2 Å². The molecule has 0 aromatic carbocycles. The fourth-order valence-corrected chi connectivity index (χ4v) is 4.19. The van der Waals surface area contributed by atoms with Crippen molar-refractivity contribution in [3.63, 3.8) is 0 Å². The summed E-state index contributed by atoms with van der Waals surface area (Å²) in [5.74, 6) is -1.49. The Morgan fingerprint density at radius 1 is 1.59 bits per heavy atom. The first-order chi connectivity index (χ1) is 7.84. The van der Waals surface area contributed by atoms with E-state index in [1.807, 2.05) is 6.92 Å². The molecule has 0 amide bonds. The molecule has 1 atom stereocenters. The van der Waals surface area contributed by atoms with Gasteiger partial charge < -0.3 is 4.74 Å². The minimum atomic E-state index is -3.33. The Hall–Kier alpha value is -0.950. The molecule has 0 saturated heterocycles. The fraction of sp³-hybridized carbons (Fsp3) is 0.600. The molecule has 1 rings (SSSR count). The minimum Gasteiger partial charge on any atom is -0.469 e. The molecule has 0 fully saturated rings. The van der Waals surface area contributed by atoms with Crippen molar-refractivity contribution in [2.45, 2.75) is 19.6 Å². The topological polar surface area (TPSA) is 73.3 Å². The molecule has 5 nitrogen and oxygen atoms in total. The summed E-state index contributed by atoms with van der Waals surface area (Å²) in [6.45, 7) is 3.35. The number of nitrogens with zero attached hydrogens (tertiary/aromatic N) is 1. The van der Waals surface area contributed by atoms with Crippen LogP contribution in [0.15, 0.2) is 5.38 Å². The lowest BCUT2D eigenvalue weighted by molar-refractivity contribution is -0.144. The van der Waals surface area contributed by atoms with Gasteiger partial charge in [-0.25, -0.2) is 13.4 Å². The van der Waals surface area contributed by atoms with E-state index in [0.717, 1.165) is 5.69 Å². The summed E-state index contributed by atoms with van der Waals surface area (Å²) in [7, 11) is -2.08. The fourth-order valence-electron chi connectivity index (χ4n) is 1.37. The van der Waals surface area contributed by atoms with Crippen molar-refractivity contribution < 1.29 is 17.9 Å². The Bertz CT molecular complexity index is 492. The van der Waals surface area contributed by atoms with E-state index in [-0.39, 0.29) is 11.5 Å². The average molecular weight is 277 g/mol. The number of thiazole rings is 1. The van der Waals surface area contributed by atoms with Crippen molar-refractivity contribution in [2.24, 2.45) is 5.92 Å². The molecule has 1 aromatic rings. The van der Waals surface area contributed by atoms with E-state index in [2.05, 4.69) is 9.72 Å². The normalized spacial score (nSPS) is 13.4. The minimum absolute atomic E-state index is 0.118. The molecule has 1 aromatic heterocycles. The van der Waals surface area contributed by atoms with Crippen molar-refractivity contribution in [2.75, 3.05) is 12.9 Å². The lowest BCUT2D eigenvalue weighted by Crippen LogP contribution is -2.23. The van der Waals surface area contributed by atoms with E-state index in [4.69, 9.17) is 0 Å². The van der Waals surface area contributed by atoms with Gasteiger partial charge in [-0.3, -0.25) is 4.79 Å². The van der Waals surface area contributed by atoms with Gasteiger partial charge in [0.15, 0.2) is 9.84 Å².